The highest BCUT2D eigenvalue weighted by atomic mass is 32.3. The van der Waals surface area contributed by atoms with Crippen molar-refractivity contribution < 1.29 is 31.3 Å². The third kappa shape index (κ3) is 23.4. The standard InChI is InChI=1S/C22H42O7S/c1-3-5-6-7-8-9-10-11-12-13-14-15-16-17-18-27-29-30(23,24)28-22-21-26-20-19-25-4-2/h3-16,19-22H2,1-2H3. The summed E-state index contributed by atoms with van der Waals surface area (Å²) < 4.78 is 41.7. The Morgan fingerprint density at radius 3 is 1.80 bits per heavy atom. The van der Waals surface area contributed by atoms with Crippen LogP contribution in [0.1, 0.15) is 97.3 Å². The van der Waals surface area contributed by atoms with Crippen LogP contribution >= 0.6 is 0 Å². The van der Waals surface area contributed by atoms with E-state index in [2.05, 4.69) is 32.4 Å². The molecular weight excluding hydrogens is 408 g/mol. The van der Waals surface area contributed by atoms with Crippen molar-refractivity contribution in [2.24, 2.45) is 0 Å². The van der Waals surface area contributed by atoms with E-state index >= 15 is 0 Å². The highest BCUT2D eigenvalue weighted by Gasteiger charge is 2.13. The minimum Gasteiger partial charge on any atom is -0.379 e. The molecular formula is C22H42O7S. The van der Waals surface area contributed by atoms with Gasteiger partial charge < -0.3 is 9.47 Å². The van der Waals surface area contributed by atoms with Gasteiger partial charge in [-0.05, 0) is 17.7 Å². The molecule has 178 valence electrons. The van der Waals surface area contributed by atoms with Gasteiger partial charge in [0.25, 0.3) is 0 Å². The lowest BCUT2D eigenvalue weighted by atomic mass is 10.0. The van der Waals surface area contributed by atoms with E-state index in [1.165, 1.54) is 64.2 Å². The van der Waals surface area contributed by atoms with E-state index in [9.17, 15) is 8.42 Å². The van der Waals surface area contributed by atoms with Crippen molar-refractivity contribution in [1.29, 1.82) is 0 Å². The van der Waals surface area contributed by atoms with Crippen LogP contribution in [0.4, 0.5) is 0 Å². The first-order chi connectivity index (χ1) is 14.6. The molecule has 8 heteroatoms. The van der Waals surface area contributed by atoms with E-state index in [0.29, 0.717) is 26.2 Å². The Labute approximate surface area is 184 Å². The van der Waals surface area contributed by atoms with Crippen molar-refractivity contribution in [3.8, 4) is 12.0 Å². The molecule has 0 spiro atoms. The maximum Gasteiger partial charge on any atom is 0.436 e. The van der Waals surface area contributed by atoms with E-state index in [-0.39, 0.29) is 13.2 Å². The van der Waals surface area contributed by atoms with Crippen molar-refractivity contribution in [2.45, 2.75) is 97.3 Å². The summed E-state index contributed by atoms with van der Waals surface area (Å²) in [6, 6.07) is 0. The fourth-order valence-corrected chi connectivity index (χ4v) is 3.20. The topological polar surface area (TPSA) is 80.3 Å². The number of unbranched alkanes of at least 4 members (excludes halogenated alkanes) is 12. The summed E-state index contributed by atoms with van der Waals surface area (Å²) >= 11 is 0. The Hall–Kier alpha value is -0.850. The lowest BCUT2D eigenvalue weighted by Gasteiger charge is -2.04. The van der Waals surface area contributed by atoms with Crippen LogP contribution in [0.5, 0.6) is 0 Å². The van der Waals surface area contributed by atoms with Gasteiger partial charge >= 0.3 is 10.4 Å². The number of ether oxygens (including phenoxy) is 2. The minimum absolute atomic E-state index is 0.111. The molecule has 0 aliphatic carbocycles. The van der Waals surface area contributed by atoms with Crippen LogP contribution in [0.2, 0.25) is 0 Å². The lowest BCUT2D eigenvalue weighted by molar-refractivity contribution is -0.139. The van der Waals surface area contributed by atoms with Gasteiger partial charge in [0.2, 0.25) is 0 Å². The van der Waals surface area contributed by atoms with Crippen molar-refractivity contribution >= 4 is 10.4 Å². The highest BCUT2D eigenvalue weighted by molar-refractivity contribution is 7.81. The highest BCUT2D eigenvalue weighted by Crippen LogP contribution is 2.12. The first-order valence-electron chi connectivity index (χ1n) is 11.5. The average Bonchev–Trinajstić information content (AvgIpc) is 2.72. The molecule has 7 nitrogen and oxygen atoms in total. The second kappa shape index (κ2) is 22.8. The van der Waals surface area contributed by atoms with Crippen LogP contribution in [-0.4, -0.2) is 41.5 Å². The summed E-state index contributed by atoms with van der Waals surface area (Å²) in [6.45, 7) is 5.52. The summed E-state index contributed by atoms with van der Waals surface area (Å²) in [5.41, 5.74) is 0. The average molecular weight is 451 g/mol. The second-order valence-electron chi connectivity index (χ2n) is 7.11. The van der Waals surface area contributed by atoms with Gasteiger partial charge in [-0.3, -0.25) is 4.89 Å². The molecule has 0 fully saturated rings. The normalized spacial score (nSPS) is 11.3. The van der Waals surface area contributed by atoms with Gasteiger partial charge in [-0.25, -0.2) is 4.18 Å². The molecule has 30 heavy (non-hydrogen) atoms. The molecule has 0 aliphatic rings. The predicted octanol–water partition coefficient (Wildman–Crippen LogP) is 5.30. The van der Waals surface area contributed by atoms with Crippen LogP contribution in [0.25, 0.3) is 0 Å². The molecule has 0 aromatic rings. The Kier molecular flexibility index (Phi) is 22.2. The van der Waals surface area contributed by atoms with E-state index in [1.807, 2.05) is 6.92 Å². The van der Waals surface area contributed by atoms with Crippen LogP contribution in [0, 0.1) is 12.0 Å². The van der Waals surface area contributed by atoms with Crippen molar-refractivity contribution in [3.05, 3.63) is 0 Å². The SMILES string of the molecule is CCCCCCCCCCCCCCC#COOS(=O)(=O)OCCOCCOCC. The van der Waals surface area contributed by atoms with Gasteiger partial charge in [0.05, 0.1) is 26.4 Å². The zero-order valence-corrected chi connectivity index (χ0v) is 19.8. The van der Waals surface area contributed by atoms with Crippen LogP contribution < -0.4 is 0 Å². The van der Waals surface area contributed by atoms with Crippen LogP contribution in [0.15, 0.2) is 0 Å². The fraction of sp³-hybridized carbons (Fsp3) is 0.909. The summed E-state index contributed by atoms with van der Waals surface area (Å²) in [4.78, 5) is 4.38. The molecule has 0 rings (SSSR count). The van der Waals surface area contributed by atoms with E-state index in [1.54, 1.807) is 0 Å². The van der Waals surface area contributed by atoms with Gasteiger partial charge in [0, 0.05) is 13.0 Å². The fourth-order valence-electron chi connectivity index (χ4n) is 2.77. The van der Waals surface area contributed by atoms with Crippen molar-refractivity contribution in [3.63, 3.8) is 0 Å². The zero-order valence-electron chi connectivity index (χ0n) is 19.0. The zero-order chi connectivity index (χ0) is 22.2. The lowest BCUT2D eigenvalue weighted by Crippen LogP contribution is -2.15. The van der Waals surface area contributed by atoms with Crippen LogP contribution in [-0.2, 0) is 33.3 Å². The van der Waals surface area contributed by atoms with Gasteiger partial charge in [-0.1, -0.05) is 83.5 Å². The molecule has 0 unspecified atom stereocenters. The number of rotatable bonds is 22. The van der Waals surface area contributed by atoms with Crippen LogP contribution in [0.3, 0.4) is 0 Å². The third-order valence-electron chi connectivity index (χ3n) is 4.42. The molecule has 0 atom stereocenters. The summed E-state index contributed by atoms with van der Waals surface area (Å²) in [7, 11) is -4.23. The predicted molar refractivity (Wildman–Crippen MR) is 118 cm³/mol. The molecule has 0 N–H and O–H groups in total. The van der Waals surface area contributed by atoms with Crippen molar-refractivity contribution in [1.82, 2.24) is 0 Å². The minimum atomic E-state index is -4.23. The van der Waals surface area contributed by atoms with Crippen molar-refractivity contribution in [2.75, 3.05) is 33.0 Å². The Bertz CT molecular complexity index is 511. The van der Waals surface area contributed by atoms with Gasteiger partial charge in [0.15, 0.2) is 6.11 Å². The molecule has 0 aliphatic heterocycles. The molecule has 0 saturated carbocycles. The van der Waals surface area contributed by atoms with E-state index in [0.717, 1.165) is 12.8 Å². The third-order valence-corrected chi connectivity index (χ3v) is 5.11. The largest absolute Gasteiger partial charge is 0.436 e. The molecule has 0 saturated heterocycles. The van der Waals surface area contributed by atoms with Gasteiger partial charge in [0.1, 0.15) is 0 Å². The molecule has 0 amide bonds. The monoisotopic (exact) mass is 450 g/mol. The van der Waals surface area contributed by atoms with E-state index < -0.39 is 10.4 Å². The summed E-state index contributed by atoms with van der Waals surface area (Å²) in [6.07, 6.45) is 18.3. The summed E-state index contributed by atoms with van der Waals surface area (Å²) in [5.74, 6) is 2.73. The Morgan fingerprint density at radius 1 is 0.667 bits per heavy atom. The van der Waals surface area contributed by atoms with E-state index in [4.69, 9.17) is 9.47 Å². The maximum atomic E-state index is 11.4. The Balaban J connectivity index is 3.40. The molecule has 0 aromatic heterocycles. The molecule has 0 heterocycles. The molecule has 0 aromatic carbocycles. The quantitative estimate of drug-likeness (QED) is 0.0958. The molecule has 0 radical (unpaired) electrons. The number of hydrogen-bond donors (Lipinski definition) is 0. The smallest absolute Gasteiger partial charge is 0.379 e. The molecule has 0 bridgehead atoms. The first-order valence-corrected chi connectivity index (χ1v) is 12.8. The van der Waals surface area contributed by atoms with Gasteiger partial charge in [-0.15, -0.1) is 0 Å². The maximum absolute atomic E-state index is 11.4. The number of hydrogen-bond acceptors (Lipinski definition) is 7. The second-order valence-corrected chi connectivity index (χ2v) is 8.30. The Morgan fingerprint density at radius 2 is 1.20 bits per heavy atom. The van der Waals surface area contributed by atoms with Gasteiger partial charge in [-0.2, -0.15) is 8.42 Å². The summed E-state index contributed by atoms with van der Waals surface area (Å²) in [5, 5.41) is 0. The first kappa shape index (κ1) is 29.1.